The zero-order valence-corrected chi connectivity index (χ0v) is 20.5. The molecule has 35 heavy (non-hydrogen) atoms. The number of carbonyl (C=O) groups is 2. The van der Waals surface area contributed by atoms with Crippen LogP contribution in [0.25, 0.3) is 0 Å². The topological polar surface area (TPSA) is 181 Å². The van der Waals surface area contributed by atoms with Gasteiger partial charge in [-0.3, -0.25) is 20.3 Å². The quantitative estimate of drug-likeness (QED) is 0.220. The number of hydrazine groups is 1. The van der Waals surface area contributed by atoms with Crippen molar-refractivity contribution in [3.8, 4) is 0 Å². The molecular weight excluding hydrogens is 480 g/mol. The molecule has 192 valence electrons. The number of nitrogens with two attached hydrogens (primary N) is 2. The maximum Gasteiger partial charge on any atom is 0.324 e. The lowest BCUT2D eigenvalue weighted by Gasteiger charge is -2.25. The molecule has 1 aromatic carbocycles. The largest absolute Gasteiger partial charge is 0.480 e. The molecule has 0 bridgehead atoms. The van der Waals surface area contributed by atoms with Crippen LogP contribution in [0, 0.1) is 0 Å². The minimum atomic E-state index is -4.41. The number of hydrogen-bond donors (Lipinski definition) is 3. The smallest absolute Gasteiger partial charge is 0.324 e. The molecule has 0 amide bonds. The Bertz CT molecular complexity index is 1120. The lowest BCUT2D eigenvalue weighted by molar-refractivity contribution is -0.153. The second-order valence-corrected chi connectivity index (χ2v) is 10.2. The number of carbonyl (C=O) groups excluding carboxylic acids is 1. The first-order valence-corrected chi connectivity index (χ1v) is 12.2. The first-order valence-electron chi connectivity index (χ1n) is 10.8. The number of carboxylic acid groups (broad SMARTS) is 1. The number of carboxylic acids is 1. The fourth-order valence-corrected chi connectivity index (χ4v) is 5.74. The third-order valence-electron chi connectivity index (χ3n) is 5.90. The molecule has 1 aromatic rings. The highest BCUT2D eigenvalue weighted by Gasteiger charge is 2.41. The molecule has 2 aliphatic heterocycles. The number of nitrogens with zero attached hydrogens (tertiary/aromatic N) is 4. The van der Waals surface area contributed by atoms with Crippen molar-refractivity contribution in [3.05, 3.63) is 46.2 Å². The molecule has 0 saturated carbocycles. The average Bonchev–Trinajstić information content (AvgIpc) is 3.33. The van der Waals surface area contributed by atoms with Crippen molar-refractivity contribution in [2.24, 2.45) is 16.8 Å². The molecule has 0 radical (unpaired) electrons. The van der Waals surface area contributed by atoms with Crippen LogP contribution in [0.1, 0.15) is 43.4 Å². The zero-order valence-electron chi connectivity index (χ0n) is 19.7. The van der Waals surface area contributed by atoms with Crippen LogP contribution in [0.2, 0.25) is 0 Å². The number of aliphatic carboxylic acids is 1. The fraction of sp³-hybridized carbons (Fsp3) is 0.476. The van der Waals surface area contributed by atoms with E-state index >= 15 is 0 Å². The molecule has 1 fully saturated rings. The maximum atomic E-state index is 12.9. The van der Waals surface area contributed by atoms with Crippen molar-refractivity contribution in [2.45, 2.75) is 44.4 Å². The molecule has 2 heterocycles. The van der Waals surface area contributed by atoms with Gasteiger partial charge in [0, 0.05) is 26.9 Å². The highest BCUT2D eigenvalue weighted by Crippen LogP contribution is 2.34. The molecule has 0 aliphatic carbocycles. The standard InChI is InChI=1S/C21H30N6O7S/c1-13-20(25(2)12-33-13)35(31,32)27(23)19(21(29)30)9-16(28)8-17-10-18(26(3)34-17)15-6-4-14(5-7-15)11-24-22/h4-7,11,17-19H,8-10,12,22-23H2,1-3H3,(H,29,30)/t17-,18-,19+/m1/s1. The summed E-state index contributed by atoms with van der Waals surface area (Å²) >= 11 is 0. The summed E-state index contributed by atoms with van der Waals surface area (Å²) in [5.41, 5.74) is 1.80. The van der Waals surface area contributed by atoms with Gasteiger partial charge >= 0.3 is 5.97 Å². The van der Waals surface area contributed by atoms with Gasteiger partial charge in [0.1, 0.15) is 17.6 Å². The average molecular weight is 511 g/mol. The van der Waals surface area contributed by atoms with Gasteiger partial charge in [-0.2, -0.15) is 10.2 Å². The predicted octanol–water partition coefficient (Wildman–Crippen LogP) is 0.0725. The molecular formula is C21H30N6O7S. The van der Waals surface area contributed by atoms with E-state index in [0.29, 0.717) is 6.42 Å². The van der Waals surface area contributed by atoms with Crippen LogP contribution in [0.15, 0.2) is 40.2 Å². The van der Waals surface area contributed by atoms with Crippen LogP contribution in [0.4, 0.5) is 0 Å². The Balaban J connectivity index is 1.66. The van der Waals surface area contributed by atoms with E-state index in [1.807, 2.05) is 24.3 Å². The van der Waals surface area contributed by atoms with Gasteiger partial charge in [0.2, 0.25) is 0 Å². The third-order valence-corrected chi connectivity index (χ3v) is 7.80. The Morgan fingerprint density at radius 1 is 1.31 bits per heavy atom. The van der Waals surface area contributed by atoms with E-state index in [0.717, 1.165) is 11.1 Å². The number of sulfonamides is 1. The zero-order chi connectivity index (χ0) is 25.9. The molecule has 13 nitrogen and oxygen atoms in total. The molecule has 0 unspecified atom stereocenters. The molecule has 3 atom stereocenters. The fourth-order valence-electron chi connectivity index (χ4n) is 4.17. The Hall–Kier alpha value is -3.04. The van der Waals surface area contributed by atoms with E-state index < -0.39 is 40.3 Å². The monoisotopic (exact) mass is 510 g/mol. The molecule has 3 rings (SSSR count). The van der Waals surface area contributed by atoms with Crippen LogP contribution in [-0.2, 0) is 29.2 Å². The first kappa shape index (κ1) is 26.6. The SMILES string of the molecule is CC1=C(S(=O)(=O)N(N)[C@@H](CC(=O)C[C@@H]2C[C@H](c3ccc(C=NN)cc3)N(C)O2)C(=O)O)N(C)CO1. The molecule has 0 aromatic heterocycles. The summed E-state index contributed by atoms with van der Waals surface area (Å²) in [4.78, 5) is 31.7. The van der Waals surface area contributed by atoms with E-state index in [2.05, 4.69) is 5.10 Å². The molecule has 14 heteroatoms. The Kier molecular flexibility index (Phi) is 8.12. The van der Waals surface area contributed by atoms with Crippen molar-refractivity contribution in [1.29, 1.82) is 0 Å². The van der Waals surface area contributed by atoms with Crippen molar-refractivity contribution < 1.29 is 32.7 Å². The summed E-state index contributed by atoms with van der Waals surface area (Å²) in [5.74, 6) is 8.99. The van der Waals surface area contributed by atoms with E-state index in [4.69, 9.17) is 21.3 Å². The van der Waals surface area contributed by atoms with Gasteiger partial charge in [-0.1, -0.05) is 24.3 Å². The number of hydrogen-bond acceptors (Lipinski definition) is 11. The first-order chi connectivity index (χ1) is 16.4. The van der Waals surface area contributed by atoms with E-state index in [-0.39, 0.29) is 34.4 Å². The van der Waals surface area contributed by atoms with Crippen molar-refractivity contribution >= 4 is 28.0 Å². The summed E-state index contributed by atoms with van der Waals surface area (Å²) in [7, 11) is -1.19. The second-order valence-electron chi connectivity index (χ2n) is 8.44. The van der Waals surface area contributed by atoms with Crippen LogP contribution in [0.3, 0.4) is 0 Å². The molecule has 0 spiro atoms. The highest BCUT2D eigenvalue weighted by atomic mass is 32.2. The van der Waals surface area contributed by atoms with Crippen molar-refractivity contribution in [2.75, 3.05) is 20.8 Å². The maximum absolute atomic E-state index is 12.9. The number of hydrazone groups is 1. The number of Topliss-reactive ketones (excluding diaryl/α,β-unsaturated/α-hetero) is 1. The second kappa shape index (κ2) is 10.7. The molecule has 1 saturated heterocycles. The number of ether oxygens (including phenoxy) is 1. The van der Waals surface area contributed by atoms with Crippen LogP contribution in [0.5, 0.6) is 0 Å². The van der Waals surface area contributed by atoms with E-state index in [1.54, 1.807) is 12.1 Å². The minimum Gasteiger partial charge on any atom is -0.480 e. The number of rotatable bonds is 10. The molecule has 2 aliphatic rings. The third kappa shape index (κ3) is 5.79. The van der Waals surface area contributed by atoms with Gasteiger partial charge < -0.3 is 20.6 Å². The van der Waals surface area contributed by atoms with Crippen molar-refractivity contribution in [3.63, 3.8) is 0 Å². The van der Waals surface area contributed by atoms with Gasteiger partial charge in [-0.15, -0.1) is 4.41 Å². The van der Waals surface area contributed by atoms with Gasteiger partial charge in [0.05, 0.1) is 18.4 Å². The van der Waals surface area contributed by atoms with Gasteiger partial charge in [0.25, 0.3) is 10.0 Å². The number of hydroxylamine groups is 2. The van der Waals surface area contributed by atoms with Crippen LogP contribution >= 0.6 is 0 Å². The van der Waals surface area contributed by atoms with Gasteiger partial charge in [-0.25, -0.2) is 8.42 Å². The number of ketones is 1. The minimum absolute atomic E-state index is 0.0120. The summed E-state index contributed by atoms with van der Waals surface area (Å²) < 4.78 is 31.3. The number of allylic oxidation sites excluding steroid dienone is 1. The van der Waals surface area contributed by atoms with Crippen molar-refractivity contribution in [1.82, 2.24) is 14.4 Å². The van der Waals surface area contributed by atoms with Crippen LogP contribution in [-0.4, -0.2) is 78.8 Å². The Labute approximate surface area is 203 Å². The predicted molar refractivity (Wildman–Crippen MR) is 125 cm³/mol. The summed E-state index contributed by atoms with van der Waals surface area (Å²) in [6, 6.07) is 5.62. The Morgan fingerprint density at radius 3 is 2.51 bits per heavy atom. The summed E-state index contributed by atoms with van der Waals surface area (Å²) in [6.07, 6.45) is 0.808. The lowest BCUT2D eigenvalue weighted by Crippen LogP contribution is -2.52. The lowest BCUT2D eigenvalue weighted by atomic mass is 9.97. The highest BCUT2D eigenvalue weighted by molar-refractivity contribution is 7.92. The van der Waals surface area contributed by atoms with Gasteiger partial charge in [-0.05, 0) is 24.5 Å². The van der Waals surface area contributed by atoms with Crippen LogP contribution < -0.4 is 11.7 Å². The number of benzene rings is 1. The van der Waals surface area contributed by atoms with Gasteiger partial charge in [0.15, 0.2) is 11.8 Å². The van der Waals surface area contributed by atoms with E-state index in [1.165, 1.54) is 25.1 Å². The Morgan fingerprint density at radius 2 is 1.97 bits per heavy atom. The summed E-state index contributed by atoms with van der Waals surface area (Å²) in [6.45, 7) is 1.43. The molecule has 5 N–H and O–H groups in total. The normalized spacial score (nSPS) is 22.3. The van der Waals surface area contributed by atoms with E-state index in [9.17, 15) is 23.1 Å². The summed E-state index contributed by atoms with van der Waals surface area (Å²) in [5, 5.41) is 14.5.